The van der Waals surface area contributed by atoms with Crippen LogP contribution in [0.2, 0.25) is 0 Å². The maximum absolute atomic E-state index is 13.1. The molecule has 1 heterocycles. The number of nitrogens with one attached hydrogen (secondary N) is 1. The summed E-state index contributed by atoms with van der Waals surface area (Å²) in [4.78, 5) is 29.7. The summed E-state index contributed by atoms with van der Waals surface area (Å²) in [6, 6.07) is 20.9. The monoisotopic (exact) mass is 721 g/mol. The van der Waals surface area contributed by atoms with Crippen LogP contribution in [0.15, 0.2) is 75.7 Å². The van der Waals surface area contributed by atoms with Crippen LogP contribution in [0.5, 0.6) is 0 Å². The lowest BCUT2D eigenvalue weighted by Gasteiger charge is -2.32. The standard InChI is InChI=1S/C30H33Br2N3O6S/c1-34(29(36)25-19-26(31)22(18-27(25)32)20-40-42(2,38)39)16-17-35-14-12-23(13-15-35)41-30(37)33-28-11-7-6-10-24(28)21-8-4-3-5-9-21/h3-11,18-19,23H,12-17,20H2,1-2H3,(H,33,37). The van der Waals surface area contributed by atoms with E-state index in [4.69, 9.17) is 8.92 Å². The van der Waals surface area contributed by atoms with E-state index >= 15 is 0 Å². The number of para-hydroxylation sites is 1. The molecule has 0 unspecified atom stereocenters. The van der Waals surface area contributed by atoms with Crippen LogP contribution in [-0.4, -0.2) is 75.8 Å². The first-order valence-corrected chi connectivity index (χ1v) is 16.8. The van der Waals surface area contributed by atoms with E-state index in [0.717, 1.165) is 30.5 Å². The van der Waals surface area contributed by atoms with Crippen LogP contribution in [0.3, 0.4) is 0 Å². The fourth-order valence-corrected chi connectivity index (χ4v) is 5.99. The number of hydrogen-bond donors (Lipinski definition) is 1. The van der Waals surface area contributed by atoms with Gasteiger partial charge in [-0.3, -0.25) is 14.3 Å². The van der Waals surface area contributed by atoms with E-state index in [-0.39, 0.29) is 18.6 Å². The summed E-state index contributed by atoms with van der Waals surface area (Å²) in [6.45, 7) is 2.58. The number of likely N-dealkylation sites (N-methyl/N-ethyl adjacent to an activating group) is 1. The van der Waals surface area contributed by atoms with Gasteiger partial charge in [-0.1, -0.05) is 64.5 Å². The minimum Gasteiger partial charge on any atom is -0.446 e. The second-order valence-electron chi connectivity index (χ2n) is 10.1. The zero-order valence-corrected chi connectivity index (χ0v) is 27.4. The number of hydrogen-bond acceptors (Lipinski definition) is 7. The molecule has 3 aromatic rings. The number of rotatable bonds is 10. The number of carbonyl (C=O) groups is 2. The number of carbonyl (C=O) groups excluding carboxylic acids is 2. The van der Waals surface area contributed by atoms with Gasteiger partial charge in [0.25, 0.3) is 16.0 Å². The molecule has 0 spiro atoms. The molecule has 42 heavy (non-hydrogen) atoms. The minimum atomic E-state index is -3.59. The van der Waals surface area contributed by atoms with Crippen LogP contribution in [0.1, 0.15) is 28.8 Å². The number of likely N-dealkylation sites (tertiary alicyclic amines) is 1. The molecule has 12 heteroatoms. The molecule has 1 N–H and O–H groups in total. The summed E-state index contributed by atoms with van der Waals surface area (Å²) in [5.74, 6) is -0.163. The van der Waals surface area contributed by atoms with Crippen molar-refractivity contribution in [1.29, 1.82) is 0 Å². The summed E-state index contributed by atoms with van der Waals surface area (Å²) >= 11 is 6.84. The highest BCUT2D eigenvalue weighted by Crippen LogP contribution is 2.29. The van der Waals surface area contributed by atoms with Crippen molar-refractivity contribution in [2.24, 2.45) is 0 Å². The number of anilines is 1. The molecule has 0 bridgehead atoms. The molecular weight excluding hydrogens is 690 g/mol. The Kier molecular flexibility index (Phi) is 11.2. The van der Waals surface area contributed by atoms with E-state index in [1.807, 2.05) is 54.6 Å². The van der Waals surface area contributed by atoms with Gasteiger partial charge in [0.05, 0.1) is 24.1 Å². The van der Waals surface area contributed by atoms with Gasteiger partial charge in [-0.05, 0) is 58.1 Å². The molecule has 2 amide bonds. The van der Waals surface area contributed by atoms with Crippen molar-refractivity contribution < 1.29 is 26.9 Å². The van der Waals surface area contributed by atoms with Crippen LogP contribution in [0.4, 0.5) is 10.5 Å². The molecule has 1 aliphatic heterocycles. The maximum Gasteiger partial charge on any atom is 0.411 e. The fraction of sp³-hybridized carbons (Fsp3) is 0.333. The van der Waals surface area contributed by atoms with E-state index in [2.05, 4.69) is 42.1 Å². The van der Waals surface area contributed by atoms with Crippen LogP contribution in [-0.2, 0) is 25.6 Å². The van der Waals surface area contributed by atoms with Crippen molar-refractivity contribution in [2.45, 2.75) is 25.6 Å². The number of piperidine rings is 1. The van der Waals surface area contributed by atoms with Gasteiger partial charge in [0.15, 0.2) is 0 Å². The number of benzene rings is 3. The van der Waals surface area contributed by atoms with Crippen molar-refractivity contribution in [3.05, 3.63) is 86.8 Å². The lowest BCUT2D eigenvalue weighted by Crippen LogP contribution is -2.42. The number of amides is 2. The van der Waals surface area contributed by atoms with Crippen LogP contribution < -0.4 is 5.32 Å². The van der Waals surface area contributed by atoms with E-state index in [9.17, 15) is 18.0 Å². The largest absolute Gasteiger partial charge is 0.446 e. The second kappa shape index (κ2) is 14.6. The number of halogens is 2. The molecule has 0 saturated carbocycles. The predicted octanol–water partition coefficient (Wildman–Crippen LogP) is 6.14. The van der Waals surface area contributed by atoms with Crippen LogP contribution in [0.25, 0.3) is 11.1 Å². The third kappa shape index (κ3) is 9.11. The summed E-state index contributed by atoms with van der Waals surface area (Å²) in [5.41, 5.74) is 3.71. The lowest BCUT2D eigenvalue weighted by atomic mass is 10.0. The molecule has 0 aromatic heterocycles. The average molecular weight is 723 g/mol. The Labute approximate surface area is 263 Å². The first-order valence-electron chi connectivity index (χ1n) is 13.4. The van der Waals surface area contributed by atoms with Gasteiger partial charge < -0.3 is 14.5 Å². The predicted molar refractivity (Wildman–Crippen MR) is 170 cm³/mol. The van der Waals surface area contributed by atoms with E-state index in [1.54, 1.807) is 24.1 Å². The van der Waals surface area contributed by atoms with Crippen molar-refractivity contribution in [3.63, 3.8) is 0 Å². The van der Waals surface area contributed by atoms with Crippen LogP contribution in [0, 0.1) is 0 Å². The van der Waals surface area contributed by atoms with E-state index in [0.29, 0.717) is 51.7 Å². The molecule has 9 nitrogen and oxygen atoms in total. The Morgan fingerprint density at radius 2 is 1.67 bits per heavy atom. The van der Waals surface area contributed by atoms with Gasteiger partial charge in [0.1, 0.15) is 6.10 Å². The first-order chi connectivity index (χ1) is 20.0. The number of nitrogens with zero attached hydrogens (tertiary/aromatic N) is 2. The van der Waals surface area contributed by atoms with Gasteiger partial charge in [-0.2, -0.15) is 8.42 Å². The highest BCUT2D eigenvalue weighted by Gasteiger charge is 2.24. The Morgan fingerprint density at radius 3 is 2.36 bits per heavy atom. The normalized spacial score (nSPS) is 14.4. The van der Waals surface area contributed by atoms with Crippen LogP contribution >= 0.6 is 31.9 Å². The molecule has 1 aliphatic rings. The van der Waals surface area contributed by atoms with E-state index in [1.165, 1.54) is 0 Å². The summed E-state index contributed by atoms with van der Waals surface area (Å²) in [5, 5.41) is 2.90. The van der Waals surface area contributed by atoms with Gasteiger partial charge in [-0.25, -0.2) is 4.79 Å². The molecule has 0 atom stereocenters. The average Bonchev–Trinajstić information content (AvgIpc) is 2.96. The molecule has 3 aromatic carbocycles. The zero-order valence-electron chi connectivity index (χ0n) is 23.4. The molecule has 4 rings (SSSR count). The molecule has 224 valence electrons. The summed E-state index contributed by atoms with van der Waals surface area (Å²) in [6.07, 6.45) is 1.76. The summed E-state index contributed by atoms with van der Waals surface area (Å²) < 4.78 is 34.4. The SMILES string of the molecule is CN(CCN1CCC(OC(=O)Nc2ccccc2-c2ccccc2)CC1)C(=O)c1cc(Br)c(COS(C)(=O)=O)cc1Br. The van der Waals surface area contributed by atoms with E-state index < -0.39 is 16.2 Å². The molecule has 0 radical (unpaired) electrons. The minimum absolute atomic E-state index is 0.134. The molecule has 1 fully saturated rings. The fourth-order valence-electron chi connectivity index (χ4n) is 4.63. The third-order valence-electron chi connectivity index (χ3n) is 6.95. The highest BCUT2D eigenvalue weighted by atomic mass is 79.9. The lowest BCUT2D eigenvalue weighted by molar-refractivity contribution is 0.0540. The molecular formula is C30H33Br2N3O6S. The Hall–Kier alpha value is -2.77. The van der Waals surface area contributed by atoms with Crippen molar-refractivity contribution in [1.82, 2.24) is 9.80 Å². The highest BCUT2D eigenvalue weighted by molar-refractivity contribution is 9.11. The molecule has 1 saturated heterocycles. The topological polar surface area (TPSA) is 105 Å². The number of ether oxygens (including phenoxy) is 1. The third-order valence-corrected chi connectivity index (χ3v) is 8.89. The van der Waals surface area contributed by atoms with Crippen molar-refractivity contribution in [3.8, 4) is 11.1 Å². The van der Waals surface area contributed by atoms with Gasteiger partial charge in [0.2, 0.25) is 0 Å². The summed E-state index contributed by atoms with van der Waals surface area (Å²) in [7, 11) is -1.84. The Balaban J connectivity index is 1.23. The van der Waals surface area contributed by atoms with Crippen molar-refractivity contribution in [2.75, 3.05) is 44.8 Å². The Morgan fingerprint density at radius 1 is 1.00 bits per heavy atom. The molecule has 0 aliphatic carbocycles. The quantitative estimate of drug-likeness (QED) is 0.251. The van der Waals surface area contributed by atoms with Gasteiger partial charge >= 0.3 is 6.09 Å². The van der Waals surface area contributed by atoms with Gasteiger partial charge in [-0.15, -0.1) is 0 Å². The first kappa shape index (κ1) is 32.2. The smallest absolute Gasteiger partial charge is 0.411 e. The maximum atomic E-state index is 13.1. The second-order valence-corrected chi connectivity index (χ2v) is 13.5. The zero-order chi connectivity index (χ0) is 30.3. The van der Waals surface area contributed by atoms with Crippen molar-refractivity contribution >= 4 is 59.7 Å². The Bertz CT molecular complexity index is 1510. The van der Waals surface area contributed by atoms with Gasteiger partial charge in [0, 0.05) is 47.7 Å².